The molecule has 1 aromatic rings. The van der Waals surface area contributed by atoms with E-state index in [1.165, 1.54) is 108 Å². The zero-order chi connectivity index (χ0) is 40.8. The third-order valence-corrected chi connectivity index (χ3v) is 13.0. The van der Waals surface area contributed by atoms with Crippen LogP contribution in [-0.2, 0) is 31.9 Å². The number of carbonyl (C=O) groups is 2. The second-order valence-electron chi connectivity index (χ2n) is 17.7. The number of benzene rings is 1. The van der Waals surface area contributed by atoms with E-state index in [1.807, 2.05) is 0 Å². The first-order valence-electron chi connectivity index (χ1n) is 22.7. The Morgan fingerprint density at radius 3 is 1.64 bits per heavy atom. The fraction of sp³-hybridized carbons (Fsp3) is 0.755. The molecule has 3 rings (SSSR count). The normalized spacial score (nSPS) is 20.0. The van der Waals surface area contributed by atoms with Gasteiger partial charge in [0.1, 0.15) is 5.75 Å². The summed E-state index contributed by atoms with van der Waals surface area (Å²) < 4.78 is 17.6. The van der Waals surface area contributed by atoms with Crippen molar-refractivity contribution in [2.24, 2.45) is 23.2 Å². The molecule has 56 heavy (non-hydrogen) atoms. The maximum absolute atomic E-state index is 12.1. The van der Waals surface area contributed by atoms with Crippen LogP contribution in [0.25, 0.3) is 0 Å². The summed E-state index contributed by atoms with van der Waals surface area (Å²) in [6.07, 6.45) is 26.7. The molecule has 1 aromatic carbocycles. The maximum atomic E-state index is 12.1. The highest BCUT2D eigenvalue weighted by Gasteiger charge is 2.32. The molecule has 2 aliphatic carbocycles. The minimum Gasteiger partial charge on any atom is -0.493 e. The summed E-state index contributed by atoms with van der Waals surface area (Å²) in [5, 5.41) is 20.4. The van der Waals surface area contributed by atoms with Gasteiger partial charge in [0, 0.05) is 16.6 Å². The van der Waals surface area contributed by atoms with Crippen molar-refractivity contribution in [1.29, 1.82) is 0 Å². The number of carbonyl (C=O) groups excluding carboxylic acids is 2. The van der Waals surface area contributed by atoms with E-state index in [1.54, 1.807) is 13.8 Å². The van der Waals surface area contributed by atoms with Gasteiger partial charge in [-0.05, 0) is 131 Å². The number of aliphatic hydroxyl groups excluding tert-OH is 2. The molecule has 7 heteroatoms. The van der Waals surface area contributed by atoms with Crippen molar-refractivity contribution in [3.05, 3.63) is 53.1 Å². The fourth-order valence-corrected chi connectivity index (χ4v) is 9.33. The topological polar surface area (TPSA) is 102 Å². The molecule has 0 atom stereocenters. The van der Waals surface area contributed by atoms with Crippen LogP contribution in [-0.4, -0.2) is 55.2 Å². The average Bonchev–Trinajstić information content (AvgIpc) is 3.20. The molecule has 7 nitrogen and oxygen atoms in total. The maximum Gasteiger partial charge on any atom is 0.333 e. The van der Waals surface area contributed by atoms with Crippen molar-refractivity contribution < 1.29 is 34.0 Å². The summed E-state index contributed by atoms with van der Waals surface area (Å²) in [5.41, 5.74) is 3.73. The number of rotatable bonds is 28. The molecule has 0 bridgehead atoms. The number of esters is 2. The molecule has 318 valence electrons. The SMILES string of the molecule is C=C(C)C(=O)OCCCc1cc(C2CCC(C3CCC(CCCCCCCCC)CC3)CC2)cc(CCCOC(=O)C(=C)C)c1OCCC(CO)(CO)CCC. The second kappa shape index (κ2) is 26.4. The molecule has 2 N–H and O–H groups in total. The first-order valence-corrected chi connectivity index (χ1v) is 22.7. The lowest BCUT2D eigenvalue weighted by Crippen LogP contribution is -2.31. The molecule has 0 saturated heterocycles. The van der Waals surface area contributed by atoms with Gasteiger partial charge in [-0.2, -0.15) is 0 Å². The Bertz CT molecular complexity index is 1260. The van der Waals surface area contributed by atoms with E-state index >= 15 is 0 Å². The van der Waals surface area contributed by atoms with Crippen LogP contribution in [0.3, 0.4) is 0 Å². The lowest BCUT2D eigenvalue weighted by atomic mass is 9.67. The Kier molecular flexibility index (Phi) is 22.5. The minimum absolute atomic E-state index is 0.0924. The third kappa shape index (κ3) is 16.3. The van der Waals surface area contributed by atoms with Crippen LogP contribution in [0.5, 0.6) is 5.75 Å². The zero-order valence-corrected chi connectivity index (χ0v) is 36.1. The van der Waals surface area contributed by atoms with E-state index in [2.05, 4.69) is 39.1 Å². The second-order valence-corrected chi connectivity index (χ2v) is 17.7. The Balaban J connectivity index is 1.72. The van der Waals surface area contributed by atoms with Crippen molar-refractivity contribution in [3.8, 4) is 5.75 Å². The van der Waals surface area contributed by atoms with E-state index in [9.17, 15) is 19.8 Å². The number of ether oxygens (including phenoxy) is 3. The van der Waals surface area contributed by atoms with Crippen LogP contribution in [0.1, 0.15) is 185 Å². The van der Waals surface area contributed by atoms with E-state index in [0.717, 1.165) is 41.1 Å². The predicted octanol–water partition coefficient (Wildman–Crippen LogP) is 11.6. The molecule has 0 heterocycles. The number of hydrogen-bond donors (Lipinski definition) is 2. The van der Waals surface area contributed by atoms with Gasteiger partial charge in [-0.15, -0.1) is 0 Å². The van der Waals surface area contributed by atoms with E-state index in [0.29, 0.717) is 75.4 Å². The molecule has 0 radical (unpaired) electrons. The van der Waals surface area contributed by atoms with Gasteiger partial charge in [0.15, 0.2) is 0 Å². The third-order valence-electron chi connectivity index (χ3n) is 13.0. The van der Waals surface area contributed by atoms with Crippen molar-refractivity contribution in [3.63, 3.8) is 0 Å². The Hall–Kier alpha value is -2.64. The van der Waals surface area contributed by atoms with Crippen LogP contribution in [0, 0.1) is 23.2 Å². The van der Waals surface area contributed by atoms with Gasteiger partial charge in [0.05, 0.1) is 33.0 Å². The van der Waals surface area contributed by atoms with Crippen molar-refractivity contribution in [1.82, 2.24) is 0 Å². The number of hydrogen-bond acceptors (Lipinski definition) is 7. The van der Waals surface area contributed by atoms with E-state index < -0.39 is 5.41 Å². The standard InChI is InChI=1S/C49H80O7/c1-7-9-10-11-12-13-14-17-39-20-22-40(23-21-39)41-24-26-42(27-25-41)45-33-43(18-15-30-55-47(52)37(3)4)46(54-32-29-49(35-50,36-51)28-8-2)44(34-45)19-16-31-56-48(53)38(5)6/h33-34,39-42,50-51H,3,5,7-32,35-36H2,1-2,4,6H3. The first kappa shape index (κ1) is 47.7. The molecule has 0 spiro atoms. The van der Waals surface area contributed by atoms with Gasteiger partial charge in [-0.3, -0.25) is 0 Å². The van der Waals surface area contributed by atoms with Gasteiger partial charge in [0.2, 0.25) is 0 Å². The lowest BCUT2D eigenvalue weighted by Gasteiger charge is -2.38. The molecule has 0 aromatic heterocycles. The number of aliphatic hydroxyl groups is 2. The highest BCUT2D eigenvalue weighted by molar-refractivity contribution is 5.87. The highest BCUT2D eigenvalue weighted by atomic mass is 16.5. The molecule has 0 aliphatic heterocycles. The van der Waals surface area contributed by atoms with Crippen molar-refractivity contribution in [2.75, 3.05) is 33.0 Å². The zero-order valence-electron chi connectivity index (χ0n) is 36.1. The Labute approximate surface area is 341 Å². The highest BCUT2D eigenvalue weighted by Crippen LogP contribution is 2.46. The quantitative estimate of drug-likeness (QED) is 0.0496. The van der Waals surface area contributed by atoms with E-state index in [4.69, 9.17) is 14.2 Å². The van der Waals surface area contributed by atoms with Gasteiger partial charge < -0.3 is 24.4 Å². The molecule has 2 aliphatic rings. The summed E-state index contributed by atoms with van der Waals surface area (Å²) >= 11 is 0. The molecular formula is C49H80O7. The van der Waals surface area contributed by atoms with Crippen molar-refractivity contribution >= 4 is 11.9 Å². The summed E-state index contributed by atoms with van der Waals surface area (Å²) in [6.45, 7) is 15.9. The monoisotopic (exact) mass is 781 g/mol. The predicted molar refractivity (Wildman–Crippen MR) is 229 cm³/mol. The van der Waals surface area contributed by atoms with Crippen LogP contribution < -0.4 is 4.74 Å². The van der Waals surface area contributed by atoms with Gasteiger partial charge in [-0.25, -0.2) is 9.59 Å². The average molecular weight is 781 g/mol. The summed E-state index contributed by atoms with van der Waals surface area (Å²) in [6, 6.07) is 4.66. The van der Waals surface area contributed by atoms with Gasteiger partial charge in [0.25, 0.3) is 0 Å². The van der Waals surface area contributed by atoms with E-state index in [-0.39, 0.29) is 25.2 Å². The molecule has 2 fully saturated rings. The molecule has 0 unspecified atom stereocenters. The Morgan fingerprint density at radius 2 is 1.16 bits per heavy atom. The fourth-order valence-electron chi connectivity index (χ4n) is 9.33. The lowest BCUT2D eigenvalue weighted by molar-refractivity contribution is -0.139. The minimum atomic E-state index is -0.589. The van der Waals surface area contributed by atoms with Crippen LogP contribution in [0.2, 0.25) is 0 Å². The summed E-state index contributed by atoms with van der Waals surface area (Å²) in [7, 11) is 0. The number of aryl methyl sites for hydroxylation is 2. The molecule has 2 saturated carbocycles. The van der Waals surface area contributed by atoms with Crippen molar-refractivity contribution in [2.45, 2.75) is 181 Å². The first-order chi connectivity index (χ1) is 27.1. The van der Waals surface area contributed by atoms with Gasteiger partial charge >= 0.3 is 11.9 Å². The summed E-state index contributed by atoms with van der Waals surface area (Å²) in [5.74, 6) is 3.21. The van der Waals surface area contributed by atoms with Crippen LogP contribution >= 0.6 is 0 Å². The molecule has 0 amide bonds. The largest absolute Gasteiger partial charge is 0.493 e. The smallest absolute Gasteiger partial charge is 0.333 e. The number of unbranched alkanes of at least 4 members (excludes halogenated alkanes) is 6. The molecular weight excluding hydrogens is 701 g/mol. The Morgan fingerprint density at radius 1 is 0.661 bits per heavy atom. The van der Waals surface area contributed by atoms with Gasteiger partial charge in [-0.1, -0.05) is 110 Å². The van der Waals surface area contributed by atoms with Crippen LogP contribution in [0.15, 0.2) is 36.4 Å². The van der Waals surface area contributed by atoms with Crippen LogP contribution in [0.4, 0.5) is 0 Å². The summed E-state index contributed by atoms with van der Waals surface area (Å²) in [4.78, 5) is 24.3.